The van der Waals surface area contributed by atoms with Gasteiger partial charge in [0.05, 0.1) is 6.54 Å². The minimum absolute atomic E-state index is 0.112. The first-order valence-corrected chi connectivity index (χ1v) is 5.78. The van der Waals surface area contributed by atoms with Crippen molar-refractivity contribution in [2.75, 3.05) is 12.8 Å². The molecule has 1 heterocycles. The molecular weight excluding hydrogens is 242 g/mol. The maximum absolute atomic E-state index is 11.9. The maximum Gasteiger partial charge on any atom is 0.246 e. The van der Waals surface area contributed by atoms with Crippen molar-refractivity contribution >= 4 is 17.7 Å². The van der Waals surface area contributed by atoms with Gasteiger partial charge >= 0.3 is 0 Å². The van der Waals surface area contributed by atoms with Gasteiger partial charge in [0.25, 0.3) is 0 Å². The quantitative estimate of drug-likeness (QED) is 0.633. The van der Waals surface area contributed by atoms with Crippen LogP contribution in [0.15, 0.2) is 36.7 Å². The Balaban J connectivity index is 1.96. The average Bonchev–Trinajstić information content (AvgIpc) is 2.89. The van der Waals surface area contributed by atoms with Crippen molar-refractivity contribution in [1.29, 1.82) is 0 Å². The number of hydrogen-bond acceptors (Lipinski definition) is 4. The van der Waals surface area contributed by atoms with Crippen molar-refractivity contribution in [1.82, 2.24) is 20.1 Å². The van der Waals surface area contributed by atoms with Crippen molar-refractivity contribution in [3.8, 4) is 0 Å². The molecule has 0 saturated heterocycles. The third-order valence-electron chi connectivity index (χ3n) is 2.56. The molecule has 3 N–H and O–H groups in total. The zero-order chi connectivity index (χ0) is 13.7. The second kappa shape index (κ2) is 5.81. The molecule has 6 heteroatoms. The van der Waals surface area contributed by atoms with Crippen LogP contribution in [0.1, 0.15) is 11.4 Å². The summed E-state index contributed by atoms with van der Waals surface area (Å²) >= 11 is 0. The van der Waals surface area contributed by atoms with Crippen molar-refractivity contribution in [2.45, 2.75) is 6.54 Å². The number of hydrogen-bond donors (Lipinski definition) is 2. The number of aromatic nitrogens is 3. The first kappa shape index (κ1) is 12.8. The van der Waals surface area contributed by atoms with E-state index in [1.54, 1.807) is 30.2 Å². The van der Waals surface area contributed by atoms with Crippen LogP contribution in [0.2, 0.25) is 0 Å². The van der Waals surface area contributed by atoms with Gasteiger partial charge in [-0.25, -0.2) is 4.98 Å². The molecule has 1 amide bonds. The Morgan fingerprint density at radius 3 is 3.05 bits per heavy atom. The van der Waals surface area contributed by atoms with Crippen molar-refractivity contribution in [2.24, 2.45) is 0 Å². The third-order valence-corrected chi connectivity index (χ3v) is 2.56. The van der Waals surface area contributed by atoms with Gasteiger partial charge in [-0.1, -0.05) is 12.1 Å². The largest absolute Gasteiger partial charge is 0.399 e. The number of benzene rings is 1. The minimum Gasteiger partial charge on any atom is -0.399 e. The molecule has 0 aliphatic carbocycles. The fourth-order valence-corrected chi connectivity index (χ4v) is 1.57. The van der Waals surface area contributed by atoms with E-state index < -0.39 is 0 Å². The van der Waals surface area contributed by atoms with Gasteiger partial charge in [-0.3, -0.25) is 9.89 Å². The zero-order valence-corrected chi connectivity index (χ0v) is 10.6. The molecule has 1 aromatic heterocycles. The highest BCUT2D eigenvalue weighted by Gasteiger charge is 2.07. The molecule has 2 rings (SSSR count). The molecule has 0 bridgehead atoms. The van der Waals surface area contributed by atoms with Crippen LogP contribution >= 0.6 is 0 Å². The SMILES string of the molecule is CN(Cc1ncn[nH]1)C(=O)/C=C/c1cccc(N)c1. The number of nitrogens with two attached hydrogens (primary N) is 1. The van der Waals surface area contributed by atoms with Crippen LogP contribution in [-0.2, 0) is 11.3 Å². The van der Waals surface area contributed by atoms with Gasteiger partial charge in [0.15, 0.2) is 0 Å². The lowest BCUT2D eigenvalue weighted by atomic mass is 10.2. The second-order valence-electron chi connectivity index (χ2n) is 4.13. The van der Waals surface area contributed by atoms with Crippen LogP contribution in [0.3, 0.4) is 0 Å². The molecule has 2 aromatic rings. The lowest BCUT2D eigenvalue weighted by Crippen LogP contribution is -2.24. The van der Waals surface area contributed by atoms with E-state index in [0.29, 0.717) is 18.1 Å². The summed E-state index contributed by atoms with van der Waals surface area (Å²) in [6.45, 7) is 0.389. The summed E-state index contributed by atoms with van der Waals surface area (Å²) in [5.41, 5.74) is 7.23. The standard InChI is InChI=1S/C13H15N5O/c1-18(8-12-15-9-16-17-12)13(19)6-5-10-3-2-4-11(14)7-10/h2-7,9H,8,14H2,1H3,(H,15,16,17)/b6-5+. The number of amides is 1. The Kier molecular flexibility index (Phi) is 3.92. The number of nitrogens with zero attached hydrogens (tertiary/aromatic N) is 3. The van der Waals surface area contributed by atoms with E-state index in [0.717, 1.165) is 5.56 Å². The summed E-state index contributed by atoms with van der Waals surface area (Å²) in [4.78, 5) is 17.4. The number of likely N-dealkylation sites (N-methyl/N-ethyl adjacent to an activating group) is 1. The van der Waals surface area contributed by atoms with E-state index in [9.17, 15) is 4.79 Å². The van der Waals surface area contributed by atoms with Crippen LogP contribution in [0.4, 0.5) is 5.69 Å². The Bertz CT molecular complexity index is 576. The third kappa shape index (κ3) is 3.67. The summed E-state index contributed by atoms with van der Waals surface area (Å²) in [6, 6.07) is 7.34. The summed E-state index contributed by atoms with van der Waals surface area (Å²) < 4.78 is 0. The monoisotopic (exact) mass is 257 g/mol. The Morgan fingerprint density at radius 1 is 1.53 bits per heavy atom. The fraction of sp³-hybridized carbons (Fsp3) is 0.154. The highest BCUT2D eigenvalue weighted by Crippen LogP contribution is 2.08. The van der Waals surface area contributed by atoms with Gasteiger partial charge in [-0.2, -0.15) is 5.10 Å². The second-order valence-corrected chi connectivity index (χ2v) is 4.13. The number of anilines is 1. The van der Waals surface area contributed by atoms with Crippen LogP contribution in [0, 0.1) is 0 Å². The molecule has 1 aromatic carbocycles. The number of rotatable bonds is 4. The predicted molar refractivity (Wildman–Crippen MR) is 72.7 cm³/mol. The van der Waals surface area contributed by atoms with Crippen LogP contribution in [0.5, 0.6) is 0 Å². The molecule has 0 aliphatic rings. The lowest BCUT2D eigenvalue weighted by molar-refractivity contribution is -0.125. The van der Waals surface area contributed by atoms with E-state index in [1.807, 2.05) is 12.1 Å². The summed E-state index contributed by atoms with van der Waals surface area (Å²) in [5.74, 6) is 0.534. The van der Waals surface area contributed by atoms with Gasteiger partial charge in [0, 0.05) is 18.8 Å². The van der Waals surface area contributed by atoms with Crippen molar-refractivity contribution in [3.05, 3.63) is 48.1 Å². The van der Waals surface area contributed by atoms with E-state index in [-0.39, 0.29) is 5.91 Å². The molecule has 98 valence electrons. The highest BCUT2D eigenvalue weighted by atomic mass is 16.2. The van der Waals surface area contributed by atoms with Gasteiger partial charge < -0.3 is 10.6 Å². The molecule has 0 aliphatic heterocycles. The van der Waals surface area contributed by atoms with Gasteiger partial charge in [-0.15, -0.1) is 0 Å². The number of carbonyl (C=O) groups is 1. The first-order chi connectivity index (χ1) is 9.15. The molecule has 19 heavy (non-hydrogen) atoms. The van der Waals surface area contributed by atoms with Crippen molar-refractivity contribution < 1.29 is 4.79 Å². The molecule has 0 saturated carbocycles. The van der Waals surface area contributed by atoms with Gasteiger partial charge in [-0.05, 0) is 23.8 Å². The van der Waals surface area contributed by atoms with E-state index in [4.69, 9.17) is 5.73 Å². The Labute approximate surface area is 111 Å². The number of nitrogens with one attached hydrogen (secondary N) is 1. The predicted octanol–water partition coefficient (Wildman–Crippen LogP) is 1.06. The normalized spacial score (nSPS) is 10.8. The fourth-order valence-electron chi connectivity index (χ4n) is 1.57. The number of nitrogen functional groups attached to an aromatic ring is 1. The van der Waals surface area contributed by atoms with E-state index in [2.05, 4.69) is 15.2 Å². The Morgan fingerprint density at radius 2 is 2.37 bits per heavy atom. The van der Waals surface area contributed by atoms with Gasteiger partial charge in [0.2, 0.25) is 5.91 Å². The first-order valence-electron chi connectivity index (χ1n) is 5.78. The topological polar surface area (TPSA) is 87.9 Å². The Hall–Kier alpha value is -2.63. The smallest absolute Gasteiger partial charge is 0.246 e. The van der Waals surface area contributed by atoms with Crippen molar-refractivity contribution in [3.63, 3.8) is 0 Å². The average molecular weight is 257 g/mol. The minimum atomic E-state index is -0.112. The molecule has 0 spiro atoms. The molecule has 0 unspecified atom stereocenters. The van der Waals surface area contributed by atoms with E-state index in [1.165, 1.54) is 12.4 Å². The number of aromatic amines is 1. The number of H-pyrrole nitrogens is 1. The molecule has 0 atom stereocenters. The summed E-state index contributed by atoms with van der Waals surface area (Å²) in [6.07, 6.45) is 4.65. The lowest BCUT2D eigenvalue weighted by Gasteiger charge is -2.12. The van der Waals surface area contributed by atoms with Crippen LogP contribution in [-0.4, -0.2) is 33.0 Å². The maximum atomic E-state index is 11.9. The molecule has 0 fully saturated rings. The number of carbonyl (C=O) groups excluding carboxylic acids is 1. The summed E-state index contributed by atoms with van der Waals surface area (Å²) in [5, 5.41) is 6.44. The van der Waals surface area contributed by atoms with Crippen LogP contribution in [0.25, 0.3) is 6.08 Å². The van der Waals surface area contributed by atoms with Gasteiger partial charge in [0.1, 0.15) is 12.2 Å². The molecule has 6 nitrogen and oxygen atoms in total. The zero-order valence-electron chi connectivity index (χ0n) is 10.6. The highest BCUT2D eigenvalue weighted by molar-refractivity contribution is 5.91. The van der Waals surface area contributed by atoms with Crippen LogP contribution < -0.4 is 5.73 Å². The summed E-state index contributed by atoms with van der Waals surface area (Å²) in [7, 11) is 1.70. The molecular formula is C13H15N5O. The van der Waals surface area contributed by atoms with E-state index >= 15 is 0 Å². The molecule has 0 radical (unpaired) electrons.